The molecule has 9 heteroatoms. The van der Waals surface area contributed by atoms with Gasteiger partial charge in [0, 0.05) is 25.8 Å². The second kappa shape index (κ2) is 7.51. The minimum Gasteiger partial charge on any atom is -0.396 e. The van der Waals surface area contributed by atoms with Crippen LogP contribution in [-0.4, -0.2) is 49.4 Å². The standard InChI is InChI=1S/C18H20F2N6O/c19-18(20)13-3-4-16-21-9-15(26(16)24-13)14-8-17(23-11-22-14)25-6-1-2-12(10-25)5-7-27/h3-4,8-9,11-12,18,27H,1-2,5-7,10H2. The minimum absolute atomic E-state index is 0.188. The van der Waals surface area contributed by atoms with Crippen molar-refractivity contribution in [2.75, 3.05) is 24.6 Å². The van der Waals surface area contributed by atoms with Crippen molar-refractivity contribution in [1.82, 2.24) is 24.6 Å². The Bertz CT molecular complexity index is 929. The average molecular weight is 374 g/mol. The lowest BCUT2D eigenvalue weighted by Crippen LogP contribution is -2.36. The van der Waals surface area contributed by atoms with Crippen LogP contribution in [-0.2, 0) is 0 Å². The molecule has 1 fully saturated rings. The Morgan fingerprint density at radius 2 is 2.11 bits per heavy atom. The van der Waals surface area contributed by atoms with Crippen LogP contribution >= 0.6 is 0 Å². The number of halogens is 2. The molecule has 0 aromatic carbocycles. The molecule has 4 heterocycles. The lowest BCUT2D eigenvalue weighted by atomic mass is 9.95. The van der Waals surface area contributed by atoms with Gasteiger partial charge in [0.2, 0.25) is 0 Å². The Morgan fingerprint density at radius 3 is 2.93 bits per heavy atom. The maximum atomic E-state index is 13.0. The molecule has 0 saturated carbocycles. The van der Waals surface area contributed by atoms with Gasteiger partial charge in [-0.25, -0.2) is 28.2 Å². The zero-order chi connectivity index (χ0) is 18.8. The van der Waals surface area contributed by atoms with E-state index in [1.165, 1.54) is 23.0 Å². The van der Waals surface area contributed by atoms with Crippen molar-refractivity contribution >= 4 is 11.5 Å². The zero-order valence-electron chi connectivity index (χ0n) is 14.7. The maximum Gasteiger partial charge on any atom is 0.282 e. The summed E-state index contributed by atoms with van der Waals surface area (Å²) in [7, 11) is 0. The molecule has 0 aliphatic carbocycles. The van der Waals surface area contributed by atoms with Gasteiger partial charge >= 0.3 is 0 Å². The van der Waals surface area contributed by atoms with Crippen LogP contribution in [0.15, 0.2) is 30.7 Å². The Balaban J connectivity index is 1.66. The minimum atomic E-state index is -2.65. The number of aliphatic hydroxyl groups is 1. The highest BCUT2D eigenvalue weighted by molar-refractivity contribution is 5.62. The topological polar surface area (TPSA) is 79.4 Å². The predicted octanol–water partition coefficient (Wildman–Crippen LogP) is 2.72. The van der Waals surface area contributed by atoms with Crippen LogP contribution in [0.5, 0.6) is 0 Å². The molecule has 0 radical (unpaired) electrons. The van der Waals surface area contributed by atoms with Gasteiger partial charge in [-0.15, -0.1) is 0 Å². The van der Waals surface area contributed by atoms with E-state index in [1.807, 2.05) is 6.07 Å². The second-order valence-corrected chi connectivity index (χ2v) is 6.70. The third-order valence-corrected chi connectivity index (χ3v) is 4.90. The van der Waals surface area contributed by atoms with Gasteiger partial charge in [-0.3, -0.25) is 0 Å². The Labute approximate surface area is 154 Å². The highest BCUT2D eigenvalue weighted by atomic mass is 19.3. The summed E-state index contributed by atoms with van der Waals surface area (Å²) in [5, 5.41) is 13.2. The maximum absolute atomic E-state index is 13.0. The number of anilines is 1. The summed E-state index contributed by atoms with van der Waals surface area (Å²) in [4.78, 5) is 15.1. The first-order valence-corrected chi connectivity index (χ1v) is 8.97. The lowest BCUT2D eigenvalue weighted by Gasteiger charge is -2.33. The fraction of sp³-hybridized carbons (Fsp3) is 0.444. The molecule has 27 heavy (non-hydrogen) atoms. The predicted molar refractivity (Wildman–Crippen MR) is 95.6 cm³/mol. The van der Waals surface area contributed by atoms with Gasteiger partial charge in [-0.2, -0.15) is 5.10 Å². The molecule has 1 aliphatic rings. The molecule has 1 unspecified atom stereocenters. The number of imidazole rings is 1. The van der Waals surface area contributed by atoms with Gasteiger partial charge in [0.1, 0.15) is 23.5 Å². The van der Waals surface area contributed by atoms with Gasteiger partial charge < -0.3 is 10.0 Å². The van der Waals surface area contributed by atoms with E-state index in [0.29, 0.717) is 23.0 Å². The molecular weight excluding hydrogens is 354 g/mol. The summed E-state index contributed by atoms with van der Waals surface area (Å²) >= 11 is 0. The number of hydrogen-bond acceptors (Lipinski definition) is 6. The molecule has 0 bridgehead atoms. The van der Waals surface area contributed by atoms with Crippen molar-refractivity contribution in [3.63, 3.8) is 0 Å². The Kier molecular flexibility index (Phi) is 4.93. The number of rotatable bonds is 5. The summed E-state index contributed by atoms with van der Waals surface area (Å²) < 4.78 is 27.4. The monoisotopic (exact) mass is 374 g/mol. The van der Waals surface area contributed by atoms with Gasteiger partial charge in [-0.05, 0) is 37.3 Å². The van der Waals surface area contributed by atoms with Crippen molar-refractivity contribution < 1.29 is 13.9 Å². The molecule has 0 spiro atoms. The van der Waals surface area contributed by atoms with E-state index in [-0.39, 0.29) is 12.3 Å². The molecule has 7 nitrogen and oxygen atoms in total. The highest BCUT2D eigenvalue weighted by Crippen LogP contribution is 2.27. The summed E-state index contributed by atoms with van der Waals surface area (Å²) in [5.74, 6) is 1.22. The third kappa shape index (κ3) is 3.59. The lowest BCUT2D eigenvalue weighted by molar-refractivity contribution is 0.144. The number of nitrogens with zero attached hydrogens (tertiary/aromatic N) is 6. The van der Waals surface area contributed by atoms with Crippen molar-refractivity contribution in [3.8, 4) is 11.4 Å². The van der Waals surface area contributed by atoms with Crippen molar-refractivity contribution in [2.45, 2.75) is 25.7 Å². The van der Waals surface area contributed by atoms with Gasteiger partial charge in [0.05, 0.1) is 11.9 Å². The van der Waals surface area contributed by atoms with E-state index in [2.05, 4.69) is 25.0 Å². The van der Waals surface area contributed by atoms with Crippen molar-refractivity contribution in [3.05, 3.63) is 36.4 Å². The van der Waals surface area contributed by atoms with Crippen LogP contribution in [0.2, 0.25) is 0 Å². The van der Waals surface area contributed by atoms with Crippen LogP contribution < -0.4 is 4.90 Å². The quantitative estimate of drug-likeness (QED) is 0.740. The van der Waals surface area contributed by atoms with Crippen LogP contribution in [0.3, 0.4) is 0 Å². The smallest absolute Gasteiger partial charge is 0.282 e. The van der Waals surface area contributed by atoms with Crippen LogP contribution in [0.25, 0.3) is 17.0 Å². The number of alkyl halides is 2. The first-order chi connectivity index (χ1) is 13.2. The first kappa shape index (κ1) is 17.7. The second-order valence-electron chi connectivity index (χ2n) is 6.70. The number of piperidine rings is 1. The van der Waals surface area contributed by atoms with E-state index < -0.39 is 6.43 Å². The summed E-state index contributed by atoms with van der Waals surface area (Å²) in [5.41, 5.74) is 1.30. The normalized spacial score (nSPS) is 17.8. The number of hydrogen-bond donors (Lipinski definition) is 1. The van der Waals surface area contributed by atoms with Crippen LogP contribution in [0.4, 0.5) is 14.6 Å². The number of fused-ring (bicyclic) bond motifs is 1. The Morgan fingerprint density at radius 1 is 1.22 bits per heavy atom. The Hall–Kier alpha value is -2.68. The van der Waals surface area contributed by atoms with Crippen LogP contribution in [0, 0.1) is 5.92 Å². The molecule has 4 rings (SSSR count). The molecule has 142 valence electrons. The van der Waals surface area contributed by atoms with Crippen molar-refractivity contribution in [1.29, 1.82) is 0 Å². The molecule has 1 N–H and O–H groups in total. The number of aromatic nitrogens is 5. The molecule has 3 aromatic heterocycles. The van der Waals surface area contributed by atoms with Gasteiger partial charge in [0.15, 0.2) is 5.65 Å². The largest absolute Gasteiger partial charge is 0.396 e. The van der Waals surface area contributed by atoms with E-state index in [4.69, 9.17) is 0 Å². The number of aliphatic hydroxyl groups excluding tert-OH is 1. The zero-order valence-corrected chi connectivity index (χ0v) is 14.7. The fourth-order valence-corrected chi connectivity index (χ4v) is 3.53. The van der Waals surface area contributed by atoms with E-state index in [0.717, 1.165) is 38.2 Å². The highest BCUT2D eigenvalue weighted by Gasteiger charge is 2.21. The van der Waals surface area contributed by atoms with Gasteiger partial charge in [0.25, 0.3) is 6.43 Å². The van der Waals surface area contributed by atoms with E-state index >= 15 is 0 Å². The summed E-state index contributed by atoms with van der Waals surface area (Å²) in [6, 6.07) is 4.63. The fourth-order valence-electron chi connectivity index (χ4n) is 3.53. The molecule has 1 atom stereocenters. The van der Waals surface area contributed by atoms with E-state index in [9.17, 15) is 13.9 Å². The third-order valence-electron chi connectivity index (χ3n) is 4.90. The molecule has 1 aliphatic heterocycles. The molecule has 3 aromatic rings. The van der Waals surface area contributed by atoms with Crippen molar-refractivity contribution in [2.24, 2.45) is 5.92 Å². The molecule has 0 amide bonds. The summed E-state index contributed by atoms with van der Waals surface area (Å²) in [6.45, 7) is 1.91. The first-order valence-electron chi connectivity index (χ1n) is 8.97. The van der Waals surface area contributed by atoms with Gasteiger partial charge in [-0.1, -0.05) is 0 Å². The van der Waals surface area contributed by atoms with E-state index in [1.54, 1.807) is 6.20 Å². The average Bonchev–Trinajstić information content (AvgIpc) is 3.12. The summed E-state index contributed by atoms with van der Waals surface area (Å²) in [6.07, 6.45) is 3.32. The molecule has 1 saturated heterocycles. The van der Waals surface area contributed by atoms with Crippen LogP contribution in [0.1, 0.15) is 31.4 Å². The molecular formula is C18H20F2N6O. The SMILES string of the molecule is OCCC1CCCN(c2cc(-c3cnc4ccc(C(F)F)nn34)ncn2)C1.